The highest BCUT2D eigenvalue weighted by Crippen LogP contribution is 2.49. The van der Waals surface area contributed by atoms with E-state index in [1.54, 1.807) is 0 Å². The number of para-hydroxylation sites is 1. The van der Waals surface area contributed by atoms with Crippen LogP contribution in [0, 0.1) is 0 Å². The lowest BCUT2D eigenvalue weighted by Gasteiger charge is -2.13. The summed E-state index contributed by atoms with van der Waals surface area (Å²) in [6, 6.07) is 62.7. The number of rotatable bonds is 5. The van der Waals surface area contributed by atoms with Crippen molar-refractivity contribution in [3.8, 4) is 28.1 Å². The maximum absolute atomic E-state index is 6.73. The third kappa shape index (κ3) is 5.60. The minimum atomic E-state index is 0.756. The van der Waals surface area contributed by atoms with Gasteiger partial charge in [0.2, 0.25) is 0 Å². The van der Waals surface area contributed by atoms with E-state index in [4.69, 9.17) is 9.40 Å². The van der Waals surface area contributed by atoms with Gasteiger partial charge in [0.1, 0.15) is 17.2 Å². The van der Waals surface area contributed by atoms with Gasteiger partial charge in [-0.3, -0.25) is 4.57 Å². The Morgan fingerprint density at radius 2 is 1.20 bits per heavy atom. The van der Waals surface area contributed by atoms with Crippen LogP contribution in [-0.2, 0) is 0 Å². The highest BCUT2D eigenvalue weighted by molar-refractivity contribution is 7.27. The van der Waals surface area contributed by atoms with Gasteiger partial charge in [-0.25, -0.2) is 4.98 Å². The fourth-order valence-electron chi connectivity index (χ4n) is 9.03. The lowest BCUT2D eigenvalue weighted by atomic mass is 9.95. The minimum Gasteiger partial charge on any atom is -0.455 e. The zero-order chi connectivity index (χ0) is 40.3. The molecule has 4 heterocycles. The molecule has 0 aliphatic heterocycles. The van der Waals surface area contributed by atoms with Gasteiger partial charge in [0.25, 0.3) is 0 Å². The summed E-state index contributed by atoms with van der Waals surface area (Å²) in [7, 11) is 0. The topological polar surface area (TPSA) is 31.0 Å². The molecule has 0 aliphatic rings. The number of aromatic nitrogens is 2. The van der Waals surface area contributed by atoms with Crippen molar-refractivity contribution in [3.63, 3.8) is 0 Å². The Hall–Kier alpha value is -7.27. The second-order valence-corrected chi connectivity index (χ2v) is 16.5. The van der Waals surface area contributed by atoms with Crippen molar-refractivity contribution in [2.75, 3.05) is 0 Å². The molecule has 0 bridgehead atoms. The number of fused-ring (bicyclic) bond motifs is 13. The molecule has 0 fully saturated rings. The molecule has 0 unspecified atom stereocenters. The van der Waals surface area contributed by atoms with Gasteiger partial charge in [-0.15, -0.1) is 11.3 Å². The molecule has 0 N–H and O–H groups in total. The molecule has 0 aliphatic carbocycles. The molecular weight excluding hydrogens is 749 g/mol. The summed E-state index contributed by atoms with van der Waals surface area (Å²) in [5.41, 5.74) is 9.38. The van der Waals surface area contributed by atoms with Crippen molar-refractivity contribution in [2.24, 2.45) is 0 Å². The number of hydrogen-bond acceptors (Lipinski definition) is 3. The molecule has 60 heavy (non-hydrogen) atoms. The van der Waals surface area contributed by atoms with Gasteiger partial charge in [0, 0.05) is 54.4 Å². The van der Waals surface area contributed by atoms with Gasteiger partial charge in [0.05, 0.1) is 15.7 Å². The van der Waals surface area contributed by atoms with E-state index in [0.717, 1.165) is 55.9 Å². The molecule has 0 amide bonds. The van der Waals surface area contributed by atoms with Gasteiger partial charge < -0.3 is 4.42 Å². The monoisotopic (exact) mass is 788 g/mol. The number of furan rings is 1. The molecule has 8 aromatic carbocycles. The fourth-order valence-corrected chi connectivity index (χ4v) is 10.3. The Balaban J connectivity index is 0.00000132. The van der Waals surface area contributed by atoms with Crippen molar-refractivity contribution in [1.29, 1.82) is 0 Å². The number of hydrogen-bond donors (Lipinski definition) is 0. The second kappa shape index (κ2) is 14.5. The molecule has 12 rings (SSSR count). The molecule has 0 spiro atoms. The van der Waals surface area contributed by atoms with E-state index in [1.807, 2.05) is 35.7 Å². The van der Waals surface area contributed by atoms with Crippen LogP contribution in [0.15, 0.2) is 193 Å². The Morgan fingerprint density at radius 1 is 0.567 bits per heavy atom. The maximum Gasteiger partial charge on any atom is 0.143 e. The van der Waals surface area contributed by atoms with Crippen molar-refractivity contribution in [2.45, 2.75) is 20.3 Å². The SMILES string of the molecule is C=C(c1ccc(-c2ccccc2)cc1)c1oc2ccccc2c1-c1ccnc(-n2c3c4ccccc4ccc3c3c4ccccc4c4c5ccccc5sc4c32)c1.CCC. The highest BCUT2D eigenvalue weighted by Gasteiger charge is 2.25. The summed E-state index contributed by atoms with van der Waals surface area (Å²) in [4.78, 5) is 5.21. The smallest absolute Gasteiger partial charge is 0.143 e. The molecule has 12 aromatic rings. The molecule has 0 radical (unpaired) electrons. The molecule has 4 heteroatoms. The van der Waals surface area contributed by atoms with Crippen molar-refractivity contribution < 1.29 is 4.42 Å². The molecule has 0 atom stereocenters. The van der Waals surface area contributed by atoms with E-state index in [9.17, 15) is 0 Å². The van der Waals surface area contributed by atoms with Gasteiger partial charge in [-0.2, -0.15) is 0 Å². The normalized spacial score (nSPS) is 11.6. The summed E-state index contributed by atoms with van der Waals surface area (Å²) >= 11 is 1.87. The van der Waals surface area contributed by atoms with Crippen LogP contribution in [0.2, 0.25) is 0 Å². The van der Waals surface area contributed by atoms with E-state index >= 15 is 0 Å². The van der Waals surface area contributed by atoms with Gasteiger partial charge in [-0.05, 0) is 62.7 Å². The molecular formula is C56H40N2OS. The van der Waals surface area contributed by atoms with Crippen molar-refractivity contribution in [3.05, 3.63) is 200 Å². The highest BCUT2D eigenvalue weighted by atomic mass is 32.1. The van der Waals surface area contributed by atoms with Crippen LogP contribution in [0.4, 0.5) is 0 Å². The number of nitrogens with zero attached hydrogens (tertiary/aromatic N) is 2. The predicted octanol–water partition coefficient (Wildman–Crippen LogP) is 16.4. The molecule has 0 saturated heterocycles. The van der Waals surface area contributed by atoms with Crippen LogP contribution in [0.3, 0.4) is 0 Å². The average molecular weight is 789 g/mol. The van der Waals surface area contributed by atoms with E-state index < -0.39 is 0 Å². The van der Waals surface area contributed by atoms with Crippen molar-refractivity contribution in [1.82, 2.24) is 9.55 Å². The van der Waals surface area contributed by atoms with Gasteiger partial charge in [-0.1, -0.05) is 179 Å². The predicted molar refractivity (Wildman–Crippen MR) is 258 cm³/mol. The zero-order valence-electron chi connectivity index (χ0n) is 33.4. The first kappa shape index (κ1) is 35.9. The van der Waals surface area contributed by atoms with Crippen LogP contribution >= 0.6 is 11.3 Å². The third-order valence-electron chi connectivity index (χ3n) is 11.6. The van der Waals surface area contributed by atoms with Gasteiger partial charge >= 0.3 is 0 Å². The second-order valence-electron chi connectivity index (χ2n) is 15.4. The van der Waals surface area contributed by atoms with Crippen LogP contribution in [0.1, 0.15) is 31.6 Å². The number of pyridine rings is 1. The lowest BCUT2D eigenvalue weighted by Crippen LogP contribution is -1.99. The Bertz CT molecular complexity index is 3610. The first-order valence-corrected chi connectivity index (χ1v) is 21.5. The first-order valence-electron chi connectivity index (χ1n) is 20.6. The zero-order valence-corrected chi connectivity index (χ0v) is 34.3. The summed E-state index contributed by atoms with van der Waals surface area (Å²) < 4.78 is 11.7. The molecule has 3 nitrogen and oxygen atoms in total. The van der Waals surface area contributed by atoms with Gasteiger partial charge in [0.15, 0.2) is 0 Å². The lowest BCUT2D eigenvalue weighted by molar-refractivity contribution is 0.602. The summed E-state index contributed by atoms with van der Waals surface area (Å²) in [5.74, 6) is 1.61. The third-order valence-corrected chi connectivity index (χ3v) is 12.8. The van der Waals surface area contributed by atoms with E-state index in [0.29, 0.717) is 0 Å². The van der Waals surface area contributed by atoms with E-state index in [-0.39, 0.29) is 0 Å². The van der Waals surface area contributed by atoms with E-state index in [2.05, 4.69) is 183 Å². The number of thiophene rings is 1. The Labute approximate surface area is 352 Å². The standard InChI is InChI=1S/C53H32N2OS.C3H8/c1-32(33-23-25-35(26-24-33)34-13-3-2-4-14-34)52-47(41-19-9-11-21-44(41)56-52)37-29-30-54-46(31-37)55-50-38-16-6-5-15-36(38)27-28-43(50)48-39-17-7-8-18-40(39)49-42-20-10-12-22-45(42)57-53(49)51(48)55;1-3-2/h2-31H,1H2;3H2,1-2H3. The summed E-state index contributed by atoms with van der Waals surface area (Å²) in [5, 5.41) is 11.0. The van der Waals surface area contributed by atoms with Crippen LogP contribution in [0.5, 0.6) is 0 Å². The quantitative estimate of drug-likeness (QED) is 0.174. The van der Waals surface area contributed by atoms with E-state index in [1.165, 1.54) is 70.0 Å². The molecule has 4 aromatic heterocycles. The van der Waals surface area contributed by atoms with Crippen molar-refractivity contribution >= 4 is 91.4 Å². The Morgan fingerprint density at radius 3 is 1.98 bits per heavy atom. The summed E-state index contributed by atoms with van der Waals surface area (Å²) in [6.45, 7) is 8.89. The van der Waals surface area contributed by atoms with Crippen LogP contribution < -0.4 is 0 Å². The Kier molecular flexibility index (Phi) is 8.68. The molecule has 0 saturated carbocycles. The number of benzene rings is 8. The van der Waals surface area contributed by atoms with Crippen LogP contribution in [0.25, 0.3) is 108 Å². The molecule has 286 valence electrons. The first-order chi connectivity index (χ1) is 29.6. The summed E-state index contributed by atoms with van der Waals surface area (Å²) in [6.07, 6.45) is 3.19. The van der Waals surface area contributed by atoms with Crippen LogP contribution in [-0.4, -0.2) is 9.55 Å². The maximum atomic E-state index is 6.73. The minimum absolute atomic E-state index is 0.756. The largest absolute Gasteiger partial charge is 0.455 e. The fraction of sp³-hybridized carbons (Fsp3) is 0.0536. The average Bonchev–Trinajstić information content (AvgIpc) is 4.00.